The Kier molecular flexibility index (Phi) is 5.64. The van der Waals surface area contributed by atoms with Crippen molar-refractivity contribution >= 4 is 21.7 Å². The maximum atomic E-state index is 12.5. The Hall–Kier alpha value is -1.89. The van der Waals surface area contributed by atoms with Gasteiger partial charge in [-0.1, -0.05) is 26.7 Å². The quantitative estimate of drug-likeness (QED) is 0.817. The standard InChI is InChI=1S/C17H23NO5S/c1-11(2)15(17(20)21)18-16(19)12-7-9-14(10-8-12)24(22,23)13-5-3-4-6-13/h7-11,13,15H,3-6H2,1-2H3,(H,18,19)(H,20,21). The first kappa shape index (κ1) is 18.4. The van der Waals surface area contributed by atoms with Gasteiger partial charge in [-0.05, 0) is 43.0 Å². The van der Waals surface area contributed by atoms with E-state index in [1.807, 2.05) is 0 Å². The van der Waals surface area contributed by atoms with Crippen LogP contribution in [-0.2, 0) is 14.6 Å². The number of benzene rings is 1. The van der Waals surface area contributed by atoms with E-state index in [1.54, 1.807) is 13.8 Å². The largest absolute Gasteiger partial charge is 0.480 e. The molecule has 1 aromatic carbocycles. The maximum Gasteiger partial charge on any atom is 0.326 e. The third-order valence-corrected chi connectivity index (χ3v) is 6.68. The smallest absolute Gasteiger partial charge is 0.326 e. The van der Waals surface area contributed by atoms with Crippen LogP contribution in [0.2, 0.25) is 0 Å². The van der Waals surface area contributed by atoms with Crippen molar-refractivity contribution in [1.29, 1.82) is 0 Å². The van der Waals surface area contributed by atoms with Crippen LogP contribution in [0, 0.1) is 5.92 Å². The second-order valence-electron chi connectivity index (χ2n) is 6.51. The molecule has 1 aliphatic carbocycles. The lowest BCUT2D eigenvalue weighted by Gasteiger charge is -2.18. The molecule has 0 heterocycles. The molecule has 0 aliphatic heterocycles. The number of sulfone groups is 1. The minimum Gasteiger partial charge on any atom is -0.480 e. The number of carbonyl (C=O) groups excluding carboxylic acids is 1. The molecule has 1 aromatic rings. The highest BCUT2D eigenvalue weighted by Crippen LogP contribution is 2.29. The SMILES string of the molecule is CC(C)C(NC(=O)c1ccc(S(=O)(=O)C2CCCC2)cc1)C(=O)O. The van der Waals surface area contributed by atoms with Gasteiger partial charge in [0.15, 0.2) is 9.84 Å². The summed E-state index contributed by atoms with van der Waals surface area (Å²) in [6, 6.07) is 4.72. The van der Waals surface area contributed by atoms with Gasteiger partial charge in [-0.3, -0.25) is 4.79 Å². The van der Waals surface area contributed by atoms with Gasteiger partial charge in [0.05, 0.1) is 10.1 Å². The number of hydrogen-bond donors (Lipinski definition) is 2. The molecule has 2 rings (SSSR count). The normalized spacial score (nSPS) is 17.0. The molecule has 1 atom stereocenters. The third-order valence-electron chi connectivity index (χ3n) is 4.41. The van der Waals surface area contributed by atoms with E-state index in [0.29, 0.717) is 12.8 Å². The van der Waals surface area contributed by atoms with Crippen LogP contribution < -0.4 is 5.32 Å². The van der Waals surface area contributed by atoms with Gasteiger partial charge >= 0.3 is 5.97 Å². The van der Waals surface area contributed by atoms with Crippen LogP contribution in [0.3, 0.4) is 0 Å². The first-order valence-electron chi connectivity index (χ1n) is 8.11. The summed E-state index contributed by atoms with van der Waals surface area (Å²) in [5, 5.41) is 11.2. The van der Waals surface area contributed by atoms with Crippen molar-refractivity contribution in [3.63, 3.8) is 0 Å². The summed E-state index contributed by atoms with van der Waals surface area (Å²) < 4.78 is 25.0. The van der Waals surface area contributed by atoms with Gasteiger partial charge in [0.25, 0.3) is 5.91 Å². The van der Waals surface area contributed by atoms with E-state index < -0.39 is 27.8 Å². The van der Waals surface area contributed by atoms with E-state index in [4.69, 9.17) is 5.11 Å². The highest BCUT2D eigenvalue weighted by Gasteiger charge is 2.30. The van der Waals surface area contributed by atoms with E-state index in [1.165, 1.54) is 24.3 Å². The minimum absolute atomic E-state index is 0.213. The summed E-state index contributed by atoms with van der Waals surface area (Å²) in [7, 11) is -3.36. The topological polar surface area (TPSA) is 101 Å². The minimum atomic E-state index is -3.36. The molecule has 1 aliphatic rings. The van der Waals surface area contributed by atoms with Gasteiger partial charge in [0.2, 0.25) is 0 Å². The fraction of sp³-hybridized carbons (Fsp3) is 0.529. The molecule has 7 heteroatoms. The molecule has 0 spiro atoms. The molecule has 24 heavy (non-hydrogen) atoms. The van der Waals surface area contributed by atoms with Crippen LogP contribution in [0.5, 0.6) is 0 Å². The zero-order chi connectivity index (χ0) is 17.9. The Balaban J connectivity index is 2.14. The zero-order valence-corrected chi connectivity index (χ0v) is 14.7. The third kappa shape index (κ3) is 3.95. The summed E-state index contributed by atoms with van der Waals surface area (Å²) in [6.07, 6.45) is 3.21. The number of carboxylic acid groups (broad SMARTS) is 1. The Morgan fingerprint density at radius 3 is 2.12 bits per heavy atom. The van der Waals surface area contributed by atoms with Gasteiger partial charge in [-0.25, -0.2) is 13.2 Å². The first-order valence-corrected chi connectivity index (χ1v) is 9.65. The number of rotatable bonds is 6. The van der Waals surface area contributed by atoms with Crippen molar-refractivity contribution in [1.82, 2.24) is 5.32 Å². The van der Waals surface area contributed by atoms with Crippen LogP contribution in [-0.4, -0.2) is 36.7 Å². The number of carbonyl (C=O) groups is 2. The first-order chi connectivity index (χ1) is 11.2. The van der Waals surface area contributed by atoms with E-state index in [-0.39, 0.29) is 21.6 Å². The monoisotopic (exact) mass is 353 g/mol. The molecule has 132 valence electrons. The molecule has 2 N–H and O–H groups in total. The fourth-order valence-corrected chi connectivity index (χ4v) is 4.78. The van der Waals surface area contributed by atoms with Crippen molar-refractivity contribution in [2.45, 2.75) is 55.7 Å². The Morgan fingerprint density at radius 2 is 1.67 bits per heavy atom. The van der Waals surface area contributed by atoms with Gasteiger partial charge < -0.3 is 10.4 Å². The van der Waals surface area contributed by atoms with E-state index in [2.05, 4.69) is 5.32 Å². The number of carboxylic acids is 1. The molecule has 1 saturated carbocycles. The molecule has 1 unspecified atom stereocenters. The molecule has 1 amide bonds. The van der Waals surface area contributed by atoms with E-state index >= 15 is 0 Å². The Morgan fingerprint density at radius 1 is 1.12 bits per heavy atom. The van der Waals surface area contributed by atoms with Gasteiger partial charge in [0, 0.05) is 5.56 Å². The van der Waals surface area contributed by atoms with Crippen LogP contribution in [0.15, 0.2) is 29.2 Å². The molecular weight excluding hydrogens is 330 g/mol. The lowest BCUT2D eigenvalue weighted by molar-refractivity contribution is -0.140. The second kappa shape index (κ2) is 7.34. The predicted molar refractivity (Wildman–Crippen MR) is 89.6 cm³/mol. The Labute approximate surface area is 142 Å². The summed E-state index contributed by atoms with van der Waals surface area (Å²) in [4.78, 5) is 23.5. The molecule has 0 aromatic heterocycles. The predicted octanol–water partition coefficient (Wildman–Crippen LogP) is 2.24. The molecule has 6 nitrogen and oxygen atoms in total. The lowest BCUT2D eigenvalue weighted by atomic mass is 10.0. The highest BCUT2D eigenvalue weighted by atomic mass is 32.2. The van der Waals surface area contributed by atoms with Crippen molar-refractivity contribution in [2.24, 2.45) is 5.92 Å². The second-order valence-corrected chi connectivity index (χ2v) is 8.74. The van der Waals surface area contributed by atoms with Crippen LogP contribution in [0.4, 0.5) is 0 Å². The lowest BCUT2D eigenvalue weighted by Crippen LogP contribution is -2.44. The van der Waals surface area contributed by atoms with Crippen molar-refractivity contribution in [3.8, 4) is 0 Å². The highest BCUT2D eigenvalue weighted by molar-refractivity contribution is 7.92. The van der Waals surface area contributed by atoms with Gasteiger partial charge in [-0.2, -0.15) is 0 Å². The van der Waals surface area contributed by atoms with Crippen molar-refractivity contribution < 1.29 is 23.1 Å². The van der Waals surface area contributed by atoms with Gasteiger partial charge in [0.1, 0.15) is 6.04 Å². The summed E-state index contributed by atoms with van der Waals surface area (Å²) in [5.74, 6) is -1.88. The van der Waals surface area contributed by atoms with Crippen LogP contribution in [0.25, 0.3) is 0 Å². The van der Waals surface area contributed by atoms with Crippen LogP contribution >= 0.6 is 0 Å². The van der Waals surface area contributed by atoms with Crippen molar-refractivity contribution in [2.75, 3.05) is 0 Å². The molecule has 0 bridgehead atoms. The number of hydrogen-bond acceptors (Lipinski definition) is 4. The Bertz CT molecular complexity index is 703. The molecule has 0 radical (unpaired) electrons. The van der Waals surface area contributed by atoms with Gasteiger partial charge in [-0.15, -0.1) is 0 Å². The molecular formula is C17H23NO5S. The van der Waals surface area contributed by atoms with Crippen molar-refractivity contribution in [3.05, 3.63) is 29.8 Å². The van der Waals surface area contributed by atoms with E-state index in [0.717, 1.165) is 12.8 Å². The number of amides is 1. The zero-order valence-electron chi connectivity index (χ0n) is 13.9. The number of aliphatic carboxylic acids is 1. The van der Waals surface area contributed by atoms with Crippen LogP contribution in [0.1, 0.15) is 49.9 Å². The fourth-order valence-electron chi connectivity index (χ4n) is 2.93. The summed E-state index contributed by atoms with van der Waals surface area (Å²) in [5.41, 5.74) is 0.243. The average molecular weight is 353 g/mol. The average Bonchev–Trinajstić information content (AvgIpc) is 3.07. The van der Waals surface area contributed by atoms with E-state index in [9.17, 15) is 18.0 Å². The summed E-state index contributed by atoms with van der Waals surface area (Å²) >= 11 is 0. The maximum absolute atomic E-state index is 12.5. The molecule has 0 saturated heterocycles. The molecule has 1 fully saturated rings. The number of nitrogens with one attached hydrogen (secondary N) is 1. The summed E-state index contributed by atoms with van der Waals surface area (Å²) in [6.45, 7) is 3.41.